The Morgan fingerprint density at radius 1 is 1.27 bits per heavy atom. The average Bonchev–Trinajstić information content (AvgIpc) is 3.07. The van der Waals surface area contributed by atoms with Crippen molar-refractivity contribution < 1.29 is 13.2 Å². The Balaban J connectivity index is 1.83. The summed E-state index contributed by atoms with van der Waals surface area (Å²) in [5.41, 5.74) is 1.57. The quantitative estimate of drug-likeness (QED) is 0.796. The van der Waals surface area contributed by atoms with Crippen LogP contribution in [0.15, 0.2) is 42.7 Å². The van der Waals surface area contributed by atoms with Crippen LogP contribution in [0.25, 0.3) is 5.69 Å². The number of hydrogen-bond acceptors (Lipinski definition) is 4. The van der Waals surface area contributed by atoms with Crippen LogP contribution in [0.4, 0.5) is 5.69 Å². The summed E-state index contributed by atoms with van der Waals surface area (Å²) in [6, 6.07) is 9.21. The minimum atomic E-state index is -3.60. The third-order valence-corrected chi connectivity index (χ3v) is 4.80. The van der Waals surface area contributed by atoms with Crippen LogP contribution in [0.5, 0.6) is 0 Å². The first-order valence-corrected chi connectivity index (χ1v) is 9.23. The summed E-state index contributed by atoms with van der Waals surface area (Å²) in [5, 5.41) is 4.15. The second-order valence-corrected chi connectivity index (χ2v) is 8.07. The second-order valence-electron chi connectivity index (χ2n) is 5.25. The van der Waals surface area contributed by atoms with E-state index >= 15 is 0 Å². The first-order chi connectivity index (χ1) is 10.4. The highest BCUT2D eigenvalue weighted by Gasteiger charge is 2.33. The average molecular weight is 340 g/mol. The minimum Gasteiger partial charge on any atom is -0.312 e. The van der Waals surface area contributed by atoms with Crippen LogP contribution in [0.1, 0.15) is 6.42 Å². The number of carbonyl (C=O) groups is 1. The van der Waals surface area contributed by atoms with E-state index in [0.29, 0.717) is 6.54 Å². The van der Waals surface area contributed by atoms with Gasteiger partial charge in [-0.05, 0) is 24.3 Å². The summed E-state index contributed by atoms with van der Waals surface area (Å²) < 4.78 is 24.0. The van der Waals surface area contributed by atoms with E-state index in [9.17, 15) is 13.2 Å². The number of benzene rings is 1. The number of nitrogens with zero attached hydrogens (tertiary/aromatic N) is 3. The fourth-order valence-electron chi connectivity index (χ4n) is 2.65. The molecule has 6 nitrogen and oxygen atoms in total. The summed E-state index contributed by atoms with van der Waals surface area (Å²) in [6.45, 7) is 0.355. The second kappa shape index (κ2) is 5.73. The standard InChI is InChI=1S/C14H14ClN3O3S/c15-22(20,21)10-11-7-14(19)17(9-11)12-3-1-4-13(8-12)18-6-2-5-16-18/h1-6,8,11H,7,9-10H2. The molecule has 1 aliphatic heterocycles. The van der Waals surface area contributed by atoms with Gasteiger partial charge in [0.05, 0.1) is 11.4 Å². The van der Waals surface area contributed by atoms with Gasteiger partial charge in [-0.1, -0.05) is 6.07 Å². The normalized spacial score (nSPS) is 18.9. The van der Waals surface area contributed by atoms with Crippen molar-refractivity contribution in [2.24, 2.45) is 5.92 Å². The SMILES string of the molecule is O=C1CC(CS(=O)(=O)Cl)CN1c1cccc(-n2cccn2)c1. The number of carbonyl (C=O) groups excluding carboxylic acids is 1. The van der Waals surface area contributed by atoms with E-state index in [4.69, 9.17) is 10.7 Å². The van der Waals surface area contributed by atoms with Gasteiger partial charge in [0.25, 0.3) is 0 Å². The van der Waals surface area contributed by atoms with Gasteiger partial charge in [0, 0.05) is 47.6 Å². The van der Waals surface area contributed by atoms with Crippen molar-refractivity contribution in [1.82, 2.24) is 9.78 Å². The zero-order valence-corrected chi connectivity index (χ0v) is 13.2. The first-order valence-electron chi connectivity index (χ1n) is 6.75. The number of aromatic nitrogens is 2. The smallest absolute Gasteiger partial charge is 0.232 e. The zero-order valence-electron chi connectivity index (χ0n) is 11.6. The Hall–Kier alpha value is -1.86. The highest BCUT2D eigenvalue weighted by molar-refractivity contribution is 8.13. The van der Waals surface area contributed by atoms with Crippen LogP contribution >= 0.6 is 10.7 Å². The van der Waals surface area contributed by atoms with E-state index in [1.807, 2.05) is 36.5 Å². The molecule has 1 fully saturated rings. The van der Waals surface area contributed by atoms with Crippen molar-refractivity contribution in [1.29, 1.82) is 0 Å². The lowest BCUT2D eigenvalue weighted by Gasteiger charge is -2.17. The molecule has 2 heterocycles. The van der Waals surface area contributed by atoms with E-state index in [-0.39, 0.29) is 24.0 Å². The number of halogens is 1. The molecule has 8 heteroatoms. The van der Waals surface area contributed by atoms with Crippen molar-refractivity contribution in [3.05, 3.63) is 42.7 Å². The van der Waals surface area contributed by atoms with E-state index in [0.717, 1.165) is 11.4 Å². The molecule has 0 spiro atoms. The molecule has 3 rings (SSSR count). The largest absolute Gasteiger partial charge is 0.312 e. The molecule has 22 heavy (non-hydrogen) atoms. The molecular formula is C14H14ClN3O3S. The van der Waals surface area contributed by atoms with Gasteiger partial charge in [-0.2, -0.15) is 5.10 Å². The van der Waals surface area contributed by atoms with Crippen LogP contribution in [-0.2, 0) is 13.8 Å². The Morgan fingerprint density at radius 3 is 2.73 bits per heavy atom. The van der Waals surface area contributed by atoms with Gasteiger partial charge in [0.1, 0.15) is 0 Å². The fourth-order valence-corrected chi connectivity index (χ4v) is 3.97. The molecule has 0 N–H and O–H groups in total. The summed E-state index contributed by atoms with van der Waals surface area (Å²) in [5.74, 6) is -0.554. The van der Waals surface area contributed by atoms with Crippen molar-refractivity contribution in [3.8, 4) is 5.69 Å². The van der Waals surface area contributed by atoms with Gasteiger partial charge in [0.2, 0.25) is 15.0 Å². The molecule has 116 valence electrons. The highest BCUT2D eigenvalue weighted by Crippen LogP contribution is 2.27. The Bertz CT molecular complexity index is 789. The lowest BCUT2D eigenvalue weighted by Crippen LogP contribution is -2.25. The molecule has 2 aromatic rings. The lowest BCUT2D eigenvalue weighted by atomic mass is 10.1. The van der Waals surface area contributed by atoms with Crippen molar-refractivity contribution in [2.75, 3.05) is 17.2 Å². The van der Waals surface area contributed by atoms with Gasteiger partial charge in [-0.25, -0.2) is 13.1 Å². The summed E-state index contributed by atoms with van der Waals surface area (Å²) in [4.78, 5) is 13.7. The van der Waals surface area contributed by atoms with Gasteiger partial charge in [-0.3, -0.25) is 4.79 Å². The molecular weight excluding hydrogens is 326 g/mol. The number of hydrogen-bond donors (Lipinski definition) is 0. The molecule has 0 aliphatic carbocycles. The summed E-state index contributed by atoms with van der Waals surface area (Å²) in [6.07, 6.45) is 3.68. The van der Waals surface area contributed by atoms with Crippen molar-refractivity contribution in [3.63, 3.8) is 0 Å². The van der Waals surface area contributed by atoms with Crippen LogP contribution in [0.2, 0.25) is 0 Å². The Kier molecular flexibility index (Phi) is 3.92. The molecule has 1 atom stereocenters. The number of amides is 1. The molecule has 1 aromatic heterocycles. The van der Waals surface area contributed by atoms with Crippen molar-refractivity contribution >= 4 is 31.3 Å². The third kappa shape index (κ3) is 3.31. The maximum atomic E-state index is 12.1. The van der Waals surface area contributed by atoms with Crippen LogP contribution in [0, 0.1) is 5.92 Å². The predicted octanol–water partition coefficient (Wildman–Crippen LogP) is 1.79. The third-order valence-electron chi connectivity index (χ3n) is 3.55. The predicted molar refractivity (Wildman–Crippen MR) is 83.7 cm³/mol. The van der Waals surface area contributed by atoms with E-state index < -0.39 is 9.05 Å². The maximum Gasteiger partial charge on any atom is 0.232 e. The van der Waals surface area contributed by atoms with Gasteiger partial charge in [-0.15, -0.1) is 0 Å². The summed E-state index contributed by atoms with van der Waals surface area (Å²) >= 11 is 0. The van der Waals surface area contributed by atoms with E-state index in [2.05, 4.69) is 5.10 Å². The molecule has 0 saturated carbocycles. The minimum absolute atomic E-state index is 0.0945. The van der Waals surface area contributed by atoms with Gasteiger partial charge < -0.3 is 4.90 Å². The molecule has 1 aromatic carbocycles. The molecule has 1 unspecified atom stereocenters. The van der Waals surface area contributed by atoms with E-state index in [1.165, 1.54) is 0 Å². The van der Waals surface area contributed by atoms with Gasteiger partial charge in [0.15, 0.2) is 0 Å². The van der Waals surface area contributed by atoms with Crippen molar-refractivity contribution in [2.45, 2.75) is 6.42 Å². The molecule has 1 amide bonds. The Labute approximate surface area is 132 Å². The van der Waals surface area contributed by atoms with Crippen LogP contribution < -0.4 is 4.90 Å². The molecule has 0 radical (unpaired) electrons. The zero-order chi connectivity index (χ0) is 15.7. The van der Waals surface area contributed by atoms with Crippen LogP contribution in [0.3, 0.4) is 0 Å². The summed E-state index contributed by atoms with van der Waals surface area (Å²) in [7, 11) is 1.68. The topological polar surface area (TPSA) is 72.3 Å². The molecule has 1 saturated heterocycles. The maximum absolute atomic E-state index is 12.1. The molecule has 1 aliphatic rings. The Morgan fingerprint density at radius 2 is 2.05 bits per heavy atom. The van der Waals surface area contributed by atoms with Gasteiger partial charge >= 0.3 is 0 Å². The first kappa shape index (κ1) is 15.1. The number of rotatable bonds is 4. The molecule has 0 bridgehead atoms. The van der Waals surface area contributed by atoms with Crippen LogP contribution in [-0.4, -0.2) is 36.4 Å². The number of anilines is 1. The monoisotopic (exact) mass is 339 g/mol. The lowest BCUT2D eigenvalue weighted by molar-refractivity contribution is -0.117. The van der Waals surface area contributed by atoms with E-state index in [1.54, 1.807) is 15.8 Å². The highest BCUT2D eigenvalue weighted by atomic mass is 35.7. The fraction of sp³-hybridized carbons (Fsp3) is 0.286.